The number of hydrogen-bond donors (Lipinski definition) is 2. The number of carbonyl (C=O) groups is 1. The second-order valence-corrected chi connectivity index (χ2v) is 5.54. The van der Waals surface area contributed by atoms with Gasteiger partial charge in [-0.15, -0.1) is 0 Å². The highest BCUT2D eigenvalue weighted by molar-refractivity contribution is 9.10. The van der Waals surface area contributed by atoms with Crippen LogP contribution in [0.5, 0.6) is 0 Å². The van der Waals surface area contributed by atoms with Crippen molar-refractivity contribution >= 4 is 33.4 Å². The highest BCUT2D eigenvalue weighted by Gasteiger charge is 2.28. The smallest absolute Gasteiger partial charge is 0.252 e. The van der Waals surface area contributed by atoms with E-state index in [1.807, 2.05) is 0 Å². The van der Waals surface area contributed by atoms with Gasteiger partial charge in [-0.1, -0.05) is 17.7 Å². The molecule has 0 heterocycles. The standard InChI is InChI=1S/C12H14BrClN2O/c13-9-3-1-2-8(11(9)14)12(17)16-6-10(15)7-4-5-7/h1-3,7,10H,4-6,15H2,(H,16,17). The predicted molar refractivity (Wildman–Crippen MR) is 72.2 cm³/mol. The van der Waals surface area contributed by atoms with Crippen molar-refractivity contribution in [2.24, 2.45) is 11.7 Å². The minimum absolute atomic E-state index is 0.0601. The van der Waals surface area contributed by atoms with Crippen molar-refractivity contribution in [3.8, 4) is 0 Å². The topological polar surface area (TPSA) is 55.1 Å². The maximum atomic E-state index is 11.9. The Kier molecular flexibility index (Phi) is 4.07. The Morgan fingerprint density at radius 3 is 2.94 bits per heavy atom. The van der Waals surface area contributed by atoms with Crippen molar-refractivity contribution in [3.05, 3.63) is 33.3 Å². The Bertz CT molecular complexity index is 435. The first-order valence-corrected chi connectivity index (χ1v) is 6.74. The number of nitrogens with one attached hydrogen (secondary N) is 1. The molecular weight excluding hydrogens is 304 g/mol. The molecule has 1 atom stereocenters. The third-order valence-corrected chi connectivity index (χ3v) is 4.22. The van der Waals surface area contributed by atoms with E-state index in [-0.39, 0.29) is 11.9 Å². The lowest BCUT2D eigenvalue weighted by molar-refractivity contribution is 0.0950. The van der Waals surface area contributed by atoms with Crippen LogP contribution >= 0.6 is 27.5 Å². The third kappa shape index (κ3) is 3.21. The fourth-order valence-corrected chi connectivity index (χ4v) is 2.25. The van der Waals surface area contributed by atoms with Crippen LogP contribution in [0.4, 0.5) is 0 Å². The van der Waals surface area contributed by atoms with Crippen LogP contribution in [-0.2, 0) is 0 Å². The van der Waals surface area contributed by atoms with Gasteiger partial charge in [0.05, 0.1) is 10.6 Å². The van der Waals surface area contributed by atoms with E-state index in [9.17, 15) is 4.79 Å². The van der Waals surface area contributed by atoms with Crippen molar-refractivity contribution in [3.63, 3.8) is 0 Å². The minimum atomic E-state index is -0.174. The molecule has 1 aliphatic rings. The normalized spacial score (nSPS) is 16.6. The van der Waals surface area contributed by atoms with Crippen LogP contribution in [0.15, 0.2) is 22.7 Å². The number of rotatable bonds is 4. The van der Waals surface area contributed by atoms with Gasteiger partial charge in [0.25, 0.3) is 5.91 Å². The van der Waals surface area contributed by atoms with Crippen molar-refractivity contribution in [1.29, 1.82) is 0 Å². The van der Waals surface area contributed by atoms with Gasteiger partial charge in [-0.2, -0.15) is 0 Å². The number of benzene rings is 1. The van der Waals surface area contributed by atoms with Gasteiger partial charge < -0.3 is 11.1 Å². The average molecular weight is 318 g/mol. The summed E-state index contributed by atoms with van der Waals surface area (Å²) in [7, 11) is 0. The predicted octanol–water partition coefficient (Wildman–Crippen LogP) is 2.57. The lowest BCUT2D eigenvalue weighted by Gasteiger charge is -2.12. The first-order valence-electron chi connectivity index (χ1n) is 5.57. The molecule has 2 rings (SSSR count). The monoisotopic (exact) mass is 316 g/mol. The van der Waals surface area contributed by atoms with Gasteiger partial charge in [0.2, 0.25) is 0 Å². The molecule has 1 aromatic carbocycles. The molecule has 0 aromatic heterocycles. The van der Waals surface area contributed by atoms with Crippen LogP contribution in [-0.4, -0.2) is 18.5 Å². The fourth-order valence-electron chi connectivity index (χ4n) is 1.68. The summed E-state index contributed by atoms with van der Waals surface area (Å²) in [6.07, 6.45) is 2.35. The van der Waals surface area contributed by atoms with Crippen molar-refractivity contribution in [2.75, 3.05) is 6.54 Å². The zero-order valence-electron chi connectivity index (χ0n) is 9.25. The molecule has 5 heteroatoms. The Hall–Kier alpha value is -0.580. The lowest BCUT2D eigenvalue weighted by Crippen LogP contribution is -2.38. The second-order valence-electron chi connectivity index (χ2n) is 4.31. The summed E-state index contributed by atoms with van der Waals surface area (Å²) in [5.74, 6) is 0.403. The van der Waals surface area contributed by atoms with E-state index >= 15 is 0 Å². The van der Waals surface area contributed by atoms with Gasteiger partial charge in [-0.05, 0) is 46.8 Å². The highest BCUT2D eigenvalue weighted by atomic mass is 79.9. The molecule has 92 valence electrons. The zero-order valence-corrected chi connectivity index (χ0v) is 11.6. The van der Waals surface area contributed by atoms with Crippen molar-refractivity contribution in [2.45, 2.75) is 18.9 Å². The molecule has 0 saturated heterocycles. The molecule has 3 nitrogen and oxygen atoms in total. The van der Waals surface area contributed by atoms with Crippen LogP contribution in [0.1, 0.15) is 23.2 Å². The second kappa shape index (κ2) is 5.38. The van der Waals surface area contributed by atoms with Crippen LogP contribution in [0.3, 0.4) is 0 Å². The molecule has 1 aliphatic carbocycles. The van der Waals surface area contributed by atoms with Gasteiger partial charge in [-0.25, -0.2) is 0 Å². The molecule has 0 spiro atoms. The van der Waals surface area contributed by atoms with Gasteiger partial charge in [0, 0.05) is 17.1 Å². The first kappa shape index (κ1) is 12.9. The molecule has 3 N–H and O–H groups in total. The summed E-state index contributed by atoms with van der Waals surface area (Å²) in [5.41, 5.74) is 6.39. The maximum Gasteiger partial charge on any atom is 0.252 e. The van der Waals surface area contributed by atoms with Gasteiger partial charge in [-0.3, -0.25) is 4.79 Å². The van der Waals surface area contributed by atoms with E-state index in [0.29, 0.717) is 23.0 Å². The molecule has 1 unspecified atom stereocenters. The molecule has 0 radical (unpaired) electrons. The largest absolute Gasteiger partial charge is 0.350 e. The molecule has 1 saturated carbocycles. The van der Waals surface area contributed by atoms with Gasteiger partial charge in [0.15, 0.2) is 0 Å². The number of amides is 1. The molecule has 0 aliphatic heterocycles. The highest BCUT2D eigenvalue weighted by Crippen LogP contribution is 2.31. The lowest BCUT2D eigenvalue weighted by atomic mass is 10.2. The summed E-state index contributed by atoms with van der Waals surface area (Å²) < 4.78 is 0.721. The number of carbonyl (C=O) groups excluding carboxylic acids is 1. The Labute approximate surface area is 114 Å². The van der Waals surface area contributed by atoms with Gasteiger partial charge >= 0.3 is 0 Å². The van der Waals surface area contributed by atoms with E-state index in [0.717, 1.165) is 4.47 Å². The van der Waals surface area contributed by atoms with Crippen LogP contribution in [0.25, 0.3) is 0 Å². The van der Waals surface area contributed by atoms with Crippen molar-refractivity contribution in [1.82, 2.24) is 5.32 Å². The number of hydrogen-bond acceptors (Lipinski definition) is 2. The summed E-state index contributed by atoms with van der Waals surface area (Å²) >= 11 is 9.33. The zero-order chi connectivity index (χ0) is 12.4. The van der Waals surface area contributed by atoms with Crippen LogP contribution in [0.2, 0.25) is 5.02 Å². The van der Waals surface area contributed by atoms with E-state index in [1.54, 1.807) is 18.2 Å². The van der Waals surface area contributed by atoms with Crippen LogP contribution < -0.4 is 11.1 Å². The summed E-state index contributed by atoms with van der Waals surface area (Å²) in [5, 5.41) is 3.25. The maximum absolute atomic E-state index is 11.9. The Morgan fingerprint density at radius 1 is 1.59 bits per heavy atom. The van der Waals surface area contributed by atoms with Gasteiger partial charge in [0.1, 0.15) is 0 Å². The van der Waals surface area contributed by atoms with E-state index < -0.39 is 0 Å². The fraction of sp³-hybridized carbons (Fsp3) is 0.417. The van der Waals surface area contributed by atoms with Crippen molar-refractivity contribution < 1.29 is 4.79 Å². The van der Waals surface area contributed by atoms with E-state index in [4.69, 9.17) is 17.3 Å². The summed E-state index contributed by atoms with van der Waals surface area (Å²) in [4.78, 5) is 11.9. The molecule has 0 bridgehead atoms. The molecular formula is C12H14BrClN2O. The number of halogens is 2. The minimum Gasteiger partial charge on any atom is -0.350 e. The average Bonchev–Trinajstić information content (AvgIpc) is 3.13. The molecule has 1 aromatic rings. The first-order chi connectivity index (χ1) is 8.09. The summed E-state index contributed by atoms with van der Waals surface area (Å²) in [6, 6.07) is 5.34. The Balaban J connectivity index is 1.96. The third-order valence-electron chi connectivity index (χ3n) is 2.92. The van der Waals surface area contributed by atoms with Crippen LogP contribution in [0, 0.1) is 5.92 Å². The Morgan fingerprint density at radius 2 is 2.29 bits per heavy atom. The molecule has 1 fully saturated rings. The number of nitrogens with two attached hydrogens (primary N) is 1. The quantitative estimate of drug-likeness (QED) is 0.897. The van der Waals surface area contributed by atoms with E-state index in [2.05, 4.69) is 21.2 Å². The summed E-state index contributed by atoms with van der Waals surface area (Å²) in [6.45, 7) is 0.506. The molecule has 1 amide bonds. The SMILES string of the molecule is NC(CNC(=O)c1cccc(Br)c1Cl)C1CC1. The van der Waals surface area contributed by atoms with E-state index in [1.165, 1.54) is 12.8 Å². The molecule has 17 heavy (non-hydrogen) atoms.